The fourth-order valence-corrected chi connectivity index (χ4v) is 3.14. The second-order valence-electron chi connectivity index (χ2n) is 6.40. The summed E-state index contributed by atoms with van der Waals surface area (Å²) in [6.07, 6.45) is 1.26. The van der Waals surface area contributed by atoms with Gasteiger partial charge in [0.25, 0.3) is 5.91 Å². The Hall–Kier alpha value is -2.83. The van der Waals surface area contributed by atoms with Crippen LogP contribution in [0.1, 0.15) is 21.6 Å². The van der Waals surface area contributed by atoms with Crippen molar-refractivity contribution in [2.75, 3.05) is 26.0 Å². The Morgan fingerprint density at radius 3 is 2.79 bits per heavy atom. The largest absolute Gasteiger partial charge is 0.358 e. The summed E-state index contributed by atoms with van der Waals surface area (Å²) in [5, 5.41) is 12.5. The van der Waals surface area contributed by atoms with Gasteiger partial charge < -0.3 is 15.5 Å². The number of anilines is 1. The van der Waals surface area contributed by atoms with E-state index >= 15 is 0 Å². The predicted molar refractivity (Wildman–Crippen MR) is 114 cm³/mol. The Balaban J connectivity index is 1.74. The molecule has 2 amide bonds. The first-order valence-corrected chi connectivity index (χ1v) is 10.2. The van der Waals surface area contributed by atoms with Gasteiger partial charge >= 0.3 is 0 Å². The summed E-state index contributed by atoms with van der Waals surface area (Å²) < 4.78 is 14.2. The molecule has 0 aliphatic carbocycles. The molecule has 3 aromatic rings. The van der Waals surface area contributed by atoms with E-state index in [1.165, 1.54) is 17.3 Å². The first kappa shape index (κ1) is 20.9. The quantitative estimate of drug-likeness (QED) is 0.330. The van der Waals surface area contributed by atoms with Gasteiger partial charge in [-0.15, -0.1) is 0 Å². The maximum atomic E-state index is 13.6. The number of alkyl halides is 1. The maximum absolute atomic E-state index is 13.6. The molecule has 0 saturated carbocycles. The van der Waals surface area contributed by atoms with E-state index in [1.54, 1.807) is 26.2 Å². The van der Waals surface area contributed by atoms with Crippen molar-refractivity contribution in [3.05, 3.63) is 47.2 Å². The Labute approximate surface area is 179 Å². The third-order valence-corrected chi connectivity index (χ3v) is 5.00. The smallest absolute Gasteiger partial charge is 0.272 e. The van der Waals surface area contributed by atoms with Gasteiger partial charge in [-0.2, -0.15) is 5.10 Å². The lowest BCUT2D eigenvalue weighted by atomic mass is 10.1. The number of aromatic amines is 1. The number of carbonyl (C=O) groups excluding carboxylic acids is 2. The molecule has 1 aromatic carbocycles. The van der Waals surface area contributed by atoms with E-state index in [0.29, 0.717) is 26.8 Å². The van der Waals surface area contributed by atoms with E-state index < -0.39 is 5.91 Å². The average Bonchev–Trinajstić information content (AvgIpc) is 3.14. The zero-order valence-corrected chi connectivity index (χ0v) is 17.9. The van der Waals surface area contributed by atoms with Crippen LogP contribution in [0.3, 0.4) is 0 Å². The summed E-state index contributed by atoms with van der Waals surface area (Å²) in [4.78, 5) is 34.0. The van der Waals surface area contributed by atoms with E-state index in [9.17, 15) is 14.0 Å². The van der Waals surface area contributed by atoms with Crippen molar-refractivity contribution in [3.63, 3.8) is 0 Å². The highest BCUT2D eigenvalue weighted by atomic mass is 127. The molecule has 0 spiro atoms. The second kappa shape index (κ2) is 9.11. The SMILES string of the molecule is CN(C)C(=O)CNc1n[nH]c2c(C(=O)NCc3ccc(F)c(CI)c3)ncnc12. The molecule has 3 N–H and O–H groups in total. The number of fused-ring (bicyclic) bond motifs is 1. The summed E-state index contributed by atoms with van der Waals surface area (Å²) in [5.41, 5.74) is 2.26. The summed E-state index contributed by atoms with van der Waals surface area (Å²) in [5.74, 6) is -0.454. The van der Waals surface area contributed by atoms with Crippen LogP contribution in [-0.2, 0) is 15.8 Å². The molecule has 0 aliphatic heterocycles. The molecule has 0 saturated heterocycles. The molecule has 0 atom stereocenters. The van der Waals surface area contributed by atoms with Crippen LogP contribution in [0, 0.1) is 5.82 Å². The lowest BCUT2D eigenvalue weighted by molar-refractivity contribution is -0.126. The molecule has 0 unspecified atom stereocenters. The van der Waals surface area contributed by atoms with Gasteiger partial charge in [0.2, 0.25) is 5.91 Å². The third kappa shape index (κ3) is 4.78. The van der Waals surface area contributed by atoms with Crippen molar-refractivity contribution >= 4 is 51.3 Å². The van der Waals surface area contributed by atoms with Crippen molar-refractivity contribution in [2.45, 2.75) is 11.0 Å². The van der Waals surface area contributed by atoms with Crippen LogP contribution in [0.4, 0.5) is 10.2 Å². The van der Waals surface area contributed by atoms with Crippen molar-refractivity contribution in [3.8, 4) is 0 Å². The lowest BCUT2D eigenvalue weighted by Crippen LogP contribution is -2.28. The first-order chi connectivity index (χ1) is 13.9. The first-order valence-electron chi connectivity index (χ1n) is 8.65. The van der Waals surface area contributed by atoms with Gasteiger partial charge in [0.1, 0.15) is 23.2 Å². The van der Waals surface area contributed by atoms with E-state index in [2.05, 4.69) is 53.4 Å². The van der Waals surface area contributed by atoms with Gasteiger partial charge in [0, 0.05) is 25.1 Å². The normalized spacial score (nSPS) is 10.8. The number of aromatic nitrogens is 4. The number of hydrogen-bond acceptors (Lipinski definition) is 6. The van der Waals surface area contributed by atoms with Crippen LogP contribution in [-0.4, -0.2) is 57.5 Å². The van der Waals surface area contributed by atoms with Gasteiger partial charge in [-0.1, -0.05) is 34.7 Å². The monoisotopic (exact) mass is 511 g/mol. The average molecular weight is 511 g/mol. The number of amides is 2. The highest BCUT2D eigenvalue weighted by Crippen LogP contribution is 2.20. The minimum Gasteiger partial charge on any atom is -0.358 e. The summed E-state index contributed by atoms with van der Waals surface area (Å²) >= 11 is 2.09. The molecule has 0 bridgehead atoms. The number of nitrogens with zero attached hydrogens (tertiary/aromatic N) is 4. The molecule has 0 fully saturated rings. The molecular weight excluding hydrogens is 492 g/mol. The number of hydrogen-bond donors (Lipinski definition) is 3. The Kier molecular flexibility index (Phi) is 6.56. The van der Waals surface area contributed by atoms with Gasteiger partial charge in [-0.3, -0.25) is 14.7 Å². The molecule has 9 nitrogen and oxygen atoms in total. The summed E-state index contributed by atoms with van der Waals surface area (Å²) in [6, 6.07) is 4.73. The number of halogens is 2. The Bertz CT molecular complexity index is 1050. The lowest BCUT2D eigenvalue weighted by Gasteiger charge is -2.10. The van der Waals surface area contributed by atoms with Crippen LogP contribution in [0.5, 0.6) is 0 Å². The van der Waals surface area contributed by atoms with Gasteiger partial charge in [-0.05, 0) is 17.2 Å². The fourth-order valence-electron chi connectivity index (χ4n) is 2.56. The van der Waals surface area contributed by atoms with Crippen LogP contribution in [0.25, 0.3) is 11.0 Å². The summed E-state index contributed by atoms with van der Waals surface area (Å²) in [7, 11) is 3.31. The van der Waals surface area contributed by atoms with Crippen molar-refractivity contribution in [1.82, 2.24) is 30.4 Å². The summed E-state index contributed by atoms with van der Waals surface area (Å²) in [6.45, 7) is 0.271. The van der Waals surface area contributed by atoms with E-state index in [0.717, 1.165) is 5.56 Å². The van der Waals surface area contributed by atoms with Crippen LogP contribution < -0.4 is 10.6 Å². The Morgan fingerprint density at radius 2 is 2.07 bits per heavy atom. The topological polar surface area (TPSA) is 116 Å². The molecule has 2 heterocycles. The number of likely N-dealkylation sites (N-methyl/N-ethyl adjacent to an activating group) is 1. The Morgan fingerprint density at radius 1 is 1.28 bits per heavy atom. The van der Waals surface area contributed by atoms with Crippen molar-refractivity contribution in [1.29, 1.82) is 0 Å². The molecule has 0 aliphatic rings. The van der Waals surface area contributed by atoms with Crippen molar-refractivity contribution < 1.29 is 14.0 Å². The zero-order valence-electron chi connectivity index (χ0n) is 15.8. The molecule has 11 heteroatoms. The molecule has 152 valence electrons. The van der Waals surface area contributed by atoms with Gasteiger partial charge in [0.15, 0.2) is 11.5 Å². The number of rotatable bonds is 7. The molecule has 3 rings (SSSR count). The number of nitrogens with one attached hydrogen (secondary N) is 3. The molecular formula is C18H19FIN7O2. The second-order valence-corrected chi connectivity index (χ2v) is 7.16. The third-order valence-electron chi connectivity index (χ3n) is 4.18. The highest BCUT2D eigenvalue weighted by Gasteiger charge is 2.18. The maximum Gasteiger partial charge on any atom is 0.272 e. The highest BCUT2D eigenvalue weighted by molar-refractivity contribution is 14.1. The molecule has 29 heavy (non-hydrogen) atoms. The molecule has 2 aromatic heterocycles. The number of carbonyl (C=O) groups is 2. The number of benzene rings is 1. The molecule has 0 radical (unpaired) electrons. The van der Waals surface area contributed by atoms with Crippen LogP contribution in [0.2, 0.25) is 0 Å². The fraction of sp³-hybridized carbons (Fsp3) is 0.278. The minimum atomic E-state index is -0.419. The predicted octanol–water partition coefficient (Wildman–Crippen LogP) is 1.86. The van der Waals surface area contributed by atoms with E-state index in [4.69, 9.17) is 0 Å². The minimum absolute atomic E-state index is 0.0438. The zero-order chi connectivity index (χ0) is 21.0. The standard InChI is InChI=1S/C18H19FIN7O2/c1-27(2)13(28)8-21-17-15-14(25-26-17)16(24-9-23-15)18(29)22-7-10-3-4-12(19)11(5-10)6-20/h3-5,9H,6-8H2,1-2H3,(H,22,29)(H2,21,25,26). The van der Waals surface area contributed by atoms with Gasteiger partial charge in [-0.25, -0.2) is 14.4 Å². The van der Waals surface area contributed by atoms with Crippen LogP contribution >= 0.6 is 22.6 Å². The van der Waals surface area contributed by atoms with Crippen molar-refractivity contribution in [2.24, 2.45) is 0 Å². The van der Waals surface area contributed by atoms with Crippen LogP contribution in [0.15, 0.2) is 24.5 Å². The number of H-pyrrole nitrogens is 1. The van der Waals surface area contributed by atoms with E-state index in [-0.39, 0.29) is 30.5 Å². The van der Waals surface area contributed by atoms with E-state index in [1.807, 2.05) is 0 Å². The van der Waals surface area contributed by atoms with Gasteiger partial charge in [0.05, 0.1) is 6.54 Å².